The van der Waals surface area contributed by atoms with Crippen molar-refractivity contribution < 1.29 is 53.8 Å². The maximum Gasteiger partial charge on any atom is 0.435 e. The van der Waals surface area contributed by atoms with E-state index in [9.17, 15) is 49.5 Å². The second-order valence-electron chi connectivity index (χ2n) is 14.5. The van der Waals surface area contributed by atoms with Crippen molar-refractivity contribution in [3.8, 4) is 0 Å². The van der Waals surface area contributed by atoms with E-state index in [1.807, 2.05) is 13.8 Å². The molecule has 4 fully saturated rings. The summed E-state index contributed by atoms with van der Waals surface area (Å²) in [6.45, 7) is 3.90. The standard InChI is InChI=1S/C35H38F7NO5S/c1-3-21(2)22-4-8-25(9-5-22)49(47,48)32-18-19-43(28(44)30-12-15-31(16-13-30,17-14-30)29(45)46)27(32)11-6-23-20-24(7-10-26(23)32)33(36,34(37,38)39)35(40,41)42/h4-5,7-10,20-21,27H,3,6,11-19H2,1-2H3,(H,45,46). The molecule has 1 aliphatic heterocycles. The lowest BCUT2D eigenvalue weighted by Gasteiger charge is -2.52. The second kappa shape index (κ2) is 11.4. The second-order valence-corrected chi connectivity index (χ2v) is 16.7. The predicted molar refractivity (Wildman–Crippen MR) is 164 cm³/mol. The molecule has 14 heteroatoms. The highest BCUT2D eigenvalue weighted by atomic mass is 32.2. The molecule has 3 atom stereocenters. The molecule has 7 rings (SSSR count). The minimum absolute atomic E-state index is 0.0428. The van der Waals surface area contributed by atoms with Gasteiger partial charge in [0.25, 0.3) is 0 Å². The lowest BCUT2D eigenvalue weighted by Crippen LogP contribution is -2.57. The zero-order valence-electron chi connectivity index (χ0n) is 27.1. The molecular weight excluding hydrogens is 679 g/mol. The Morgan fingerprint density at radius 3 is 1.94 bits per heavy atom. The number of fused-ring (bicyclic) bond motifs is 6. The first-order valence-electron chi connectivity index (χ1n) is 16.6. The number of aryl methyl sites for hydroxylation is 1. The highest BCUT2D eigenvalue weighted by Gasteiger charge is 2.74. The van der Waals surface area contributed by atoms with Crippen LogP contribution in [0.3, 0.4) is 0 Å². The Bertz CT molecular complexity index is 1730. The molecule has 3 unspecified atom stereocenters. The number of benzene rings is 2. The first-order chi connectivity index (χ1) is 22.7. The fourth-order valence-corrected chi connectivity index (χ4v) is 11.4. The van der Waals surface area contributed by atoms with Gasteiger partial charge in [0.1, 0.15) is 4.75 Å². The average Bonchev–Trinajstić information content (AvgIpc) is 3.48. The summed E-state index contributed by atoms with van der Waals surface area (Å²) in [7, 11) is -4.47. The first kappa shape index (κ1) is 35.7. The number of rotatable bonds is 7. The molecule has 1 N–H and O–H groups in total. The third-order valence-corrected chi connectivity index (χ3v) is 14.9. The minimum atomic E-state index is -6.34. The van der Waals surface area contributed by atoms with Crippen LogP contribution in [-0.4, -0.2) is 55.2 Å². The Balaban J connectivity index is 1.47. The molecule has 49 heavy (non-hydrogen) atoms. The van der Waals surface area contributed by atoms with Crippen LogP contribution in [0.1, 0.15) is 99.8 Å². The Hall–Kier alpha value is -3.16. The number of aliphatic carboxylic acids is 1. The van der Waals surface area contributed by atoms with Gasteiger partial charge in [-0.2, -0.15) is 26.3 Å². The van der Waals surface area contributed by atoms with Crippen LogP contribution in [0.4, 0.5) is 30.7 Å². The fourth-order valence-electron chi connectivity index (χ4n) is 9.03. The third-order valence-electron chi connectivity index (χ3n) is 12.3. The van der Waals surface area contributed by atoms with Crippen molar-refractivity contribution in [2.75, 3.05) is 6.54 Å². The van der Waals surface area contributed by atoms with Crippen LogP contribution in [0.2, 0.25) is 0 Å². The zero-order chi connectivity index (χ0) is 36.0. The van der Waals surface area contributed by atoms with Crippen molar-refractivity contribution in [3.05, 3.63) is 64.7 Å². The number of hydrogen-bond acceptors (Lipinski definition) is 4. The Morgan fingerprint density at radius 1 is 0.878 bits per heavy atom. The highest BCUT2D eigenvalue weighted by Crippen LogP contribution is 2.61. The van der Waals surface area contributed by atoms with Crippen molar-refractivity contribution in [2.45, 2.75) is 118 Å². The van der Waals surface area contributed by atoms with E-state index >= 15 is 4.39 Å². The number of halogens is 7. The van der Waals surface area contributed by atoms with Gasteiger partial charge in [0.05, 0.1) is 16.4 Å². The van der Waals surface area contributed by atoms with Gasteiger partial charge < -0.3 is 10.0 Å². The molecular formula is C35H38F7NO5S. The minimum Gasteiger partial charge on any atom is -0.481 e. The Labute approximate surface area is 280 Å². The van der Waals surface area contributed by atoms with Gasteiger partial charge in [-0.15, -0.1) is 0 Å². The third kappa shape index (κ3) is 4.96. The predicted octanol–water partition coefficient (Wildman–Crippen LogP) is 8.13. The van der Waals surface area contributed by atoms with E-state index in [-0.39, 0.29) is 53.7 Å². The molecule has 268 valence electrons. The number of likely N-dealkylation sites (tertiary alicyclic amines) is 1. The van der Waals surface area contributed by atoms with Gasteiger partial charge in [-0.1, -0.05) is 44.2 Å². The molecule has 0 radical (unpaired) electrons. The van der Waals surface area contributed by atoms with Crippen LogP contribution >= 0.6 is 0 Å². The molecule has 2 aromatic carbocycles. The van der Waals surface area contributed by atoms with Crippen LogP contribution < -0.4 is 0 Å². The van der Waals surface area contributed by atoms with E-state index < -0.39 is 61.0 Å². The maximum absolute atomic E-state index is 15.2. The van der Waals surface area contributed by atoms with Gasteiger partial charge in [0.15, 0.2) is 9.84 Å². The molecule has 4 aliphatic carbocycles. The summed E-state index contributed by atoms with van der Waals surface area (Å²) in [5.41, 5.74) is -8.50. The van der Waals surface area contributed by atoms with Crippen molar-refractivity contribution in [1.82, 2.24) is 4.90 Å². The highest BCUT2D eigenvalue weighted by molar-refractivity contribution is 7.92. The van der Waals surface area contributed by atoms with Crippen molar-refractivity contribution in [1.29, 1.82) is 0 Å². The summed E-state index contributed by atoms with van der Waals surface area (Å²) in [6, 6.07) is 6.89. The summed E-state index contributed by atoms with van der Waals surface area (Å²) >= 11 is 0. The number of alkyl halides is 7. The van der Waals surface area contributed by atoms with Crippen molar-refractivity contribution >= 4 is 21.7 Å². The van der Waals surface area contributed by atoms with Crippen LogP contribution in [0.25, 0.3) is 0 Å². The molecule has 0 spiro atoms. The number of carbonyl (C=O) groups excluding carboxylic acids is 1. The van der Waals surface area contributed by atoms with Gasteiger partial charge in [0.2, 0.25) is 5.91 Å². The Morgan fingerprint density at radius 2 is 1.43 bits per heavy atom. The normalized spacial score (nSPS) is 29.3. The molecule has 1 saturated heterocycles. The molecule has 6 nitrogen and oxygen atoms in total. The summed E-state index contributed by atoms with van der Waals surface area (Å²) < 4.78 is 125. The largest absolute Gasteiger partial charge is 0.481 e. The molecule has 1 amide bonds. The average molecular weight is 718 g/mol. The smallest absolute Gasteiger partial charge is 0.435 e. The first-order valence-corrected chi connectivity index (χ1v) is 18.0. The number of carboxylic acid groups (broad SMARTS) is 1. The molecule has 1 heterocycles. The van der Waals surface area contributed by atoms with E-state index in [0.29, 0.717) is 50.7 Å². The lowest BCUT2D eigenvalue weighted by molar-refractivity contribution is -0.348. The number of carbonyl (C=O) groups is 2. The molecule has 2 aromatic rings. The van der Waals surface area contributed by atoms with Crippen molar-refractivity contribution in [3.63, 3.8) is 0 Å². The molecule has 2 bridgehead atoms. The number of sulfone groups is 1. The van der Waals surface area contributed by atoms with E-state index in [1.54, 1.807) is 12.1 Å². The summed E-state index contributed by atoms with van der Waals surface area (Å²) in [4.78, 5) is 27.9. The van der Waals surface area contributed by atoms with Crippen LogP contribution in [-0.2, 0) is 36.3 Å². The van der Waals surface area contributed by atoms with Gasteiger partial charge in [0, 0.05) is 17.5 Å². The SMILES string of the molecule is CCC(C)c1ccc(S(=O)(=O)C23CCN(C(=O)C45CCC(C(=O)O)(CC4)CC5)C2CCc2cc(C(F)(C(F)(F)F)C(F)(F)F)ccc23)cc1. The van der Waals surface area contributed by atoms with Crippen LogP contribution in [0, 0.1) is 10.8 Å². The monoisotopic (exact) mass is 717 g/mol. The van der Waals surface area contributed by atoms with Gasteiger partial charge >= 0.3 is 24.0 Å². The van der Waals surface area contributed by atoms with Gasteiger partial charge in [-0.05, 0) is 98.9 Å². The number of amides is 1. The molecule has 3 saturated carbocycles. The number of carboxylic acids is 1. The van der Waals surface area contributed by atoms with E-state index in [0.717, 1.165) is 18.1 Å². The summed E-state index contributed by atoms with van der Waals surface area (Å²) in [6.07, 6.45) is -10.5. The van der Waals surface area contributed by atoms with E-state index in [1.165, 1.54) is 17.0 Å². The quantitative estimate of drug-likeness (QED) is 0.292. The number of hydrogen-bond donors (Lipinski definition) is 1. The van der Waals surface area contributed by atoms with Crippen LogP contribution in [0.5, 0.6) is 0 Å². The van der Waals surface area contributed by atoms with Crippen molar-refractivity contribution in [2.24, 2.45) is 10.8 Å². The summed E-state index contributed by atoms with van der Waals surface area (Å²) in [5.74, 6) is -1.10. The zero-order valence-corrected chi connectivity index (χ0v) is 27.9. The van der Waals surface area contributed by atoms with Gasteiger partial charge in [-0.3, -0.25) is 9.59 Å². The van der Waals surface area contributed by atoms with E-state index in [2.05, 4.69) is 0 Å². The maximum atomic E-state index is 15.2. The van der Waals surface area contributed by atoms with Gasteiger partial charge in [-0.25, -0.2) is 12.8 Å². The topological polar surface area (TPSA) is 91.8 Å². The molecule has 0 aromatic heterocycles. The van der Waals surface area contributed by atoms with E-state index in [4.69, 9.17) is 0 Å². The Kier molecular flexibility index (Phi) is 8.32. The molecule has 5 aliphatic rings. The lowest BCUT2D eigenvalue weighted by atomic mass is 9.53. The van der Waals surface area contributed by atoms with Crippen LogP contribution in [0.15, 0.2) is 47.4 Å². The number of nitrogens with zero attached hydrogens (tertiary/aromatic N) is 1. The fraction of sp³-hybridized carbons (Fsp3) is 0.600. The summed E-state index contributed by atoms with van der Waals surface area (Å²) in [5, 5.41) is 9.84.